The molecule has 27 heavy (non-hydrogen) atoms. The van der Waals surface area contributed by atoms with Crippen LogP contribution >= 0.6 is 11.3 Å². The number of anilines is 1. The van der Waals surface area contributed by atoms with E-state index in [0.717, 1.165) is 31.9 Å². The van der Waals surface area contributed by atoms with Crippen LogP contribution in [0.1, 0.15) is 36.7 Å². The standard InChI is InChI=1S/C18H23N5O3S/c1-17(25)11-18(3-7-23(8-4-18)16-19-5-2-6-20-16)26-9-14(17)22-15(24)13-10-27-12-21-13/h2,5-6,10,12,14,25H,3-4,7-9,11H2,1H3,(H,22,24)/t14-,17-/m0/s1. The van der Waals surface area contributed by atoms with Crippen molar-refractivity contribution in [1.29, 1.82) is 0 Å². The molecule has 2 atom stereocenters. The van der Waals surface area contributed by atoms with Gasteiger partial charge in [0.25, 0.3) is 5.91 Å². The average Bonchev–Trinajstić information content (AvgIpc) is 3.20. The van der Waals surface area contributed by atoms with Crippen LogP contribution in [0.25, 0.3) is 0 Å². The molecule has 0 unspecified atom stereocenters. The van der Waals surface area contributed by atoms with E-state index in [9.17, 15) is 9.90 Å². The van der Waals surface area contributed by atoms with Crippen molar-refractivity contribution in [2.45, 2.75) is 43.4 Å². The maximum Gasteiger partial charge on any atom is 0.271 e. The fraction of sp³-hybridized carbons (Fsp3) is 0.556. The molecule has 2 saturated heterocycles. The molecule has 0 aliphatic carbocycles. The van der Waals surface area contributed by atoms with Crippen molar-refractivity contribution in [2.24, 2.45) is 0 Å². The molecule has 2 aliphatic heterocycles. The Morgan fingerprint density at radius 3 is 2.70 bits per heavy atom. The van der Waals surface area contributed by atoms with Crippen LogP contribution in [0.15, 0.2) is 29.4 Å². The minimum atomic E-state index is -1.05. The highest BCUT2D eigenvalue weighted by Gasteiger charge is 2.49. The Kier molecular flexibility index (Phi) is 4.83. The summed E-state index contributed by atoms with van der Waals surface area (Å²) in [6, 6.07) is 1.34. The molecule has 9 heteroatoms. The minimum absolute atomic E-state index is 0.280. The number of nitrogens with one attached hydrogen (secondary N) is 1. The van der Waals surface area contributed by atoms with Gasteiger partial charge in [0.15, 0.2) is 0 Å². The highest BCUT2D eigenvalue weighted by Crippen LogP contribution is 2.40. The molecule has 2 N–H and O–H groups in total. The van der Waals surface area contributed by atoms with E-state index in [1.54, 1.807) is 36.3 Å². The van der Waals surface area contributed by atoms with Crippen LogP contribution in [0.2, 0.25) is 0 Å². The maximum absolute atomic E-state index is 12.3. The zero-order valence-corrected chi connectivity index (χ0v) is 16.0. The maximum atomic E-state index is 12.3. The Balaban J connectivity index is 1.38. The lowest BCUT2D eigenvalue weighted by Crippen LogP contribution is -2.64. The van der Waals surface area contributed by atoms with Crippen LogP contribution in [0, 0.1) is 0 Å². The molecular weight excluding hydrogens is 366 g/mol. The lowest BCUT2D eigenvalue weighted by Gasteiger charge is -2.51. The largest absolute Gasteiger partial charge is 0.388 e. The highest BCUT2D eigenvalue weighted by atomic mass is 32.1. The molecule has 1 spiro atoms. The van der Waals surface area contributed by atoms with E-state index in [-0.39, 0.29) is 18.1 Å². The van der Waals surface area contributed by atoms with E-state index in [4.69, 9.17) is 4.74 Å². The highest BCUT2D eigenvalue weighted by molar-refractivity contribution is 7.07. The van der Waals surface area contributed by atoms with Crippen LogP contribution in [0.4, 0.5) is 5.95 Å². The van der Waals surface area contributed by atoms with Gasteiger partial charge in [-0.3, -0.25) is 4.79 Å². The van der Waals surface area contributed by atoms with Gasteiger partial charge < -0.3 is 20.1 Å². The van der Waals surface area contributed by atoms with E-state index < -0.39 is 11.6 Å². The van der Waals surface area contributed by atoms with E-state index >= 15 is 0 Å². The Labute approximate surface area is 161 Å². The Hall–Kier alpha value is -2.10. The summed E-state index contributed by atoms with van der Waals surface area (Å²) in [5, 5.41) is 15.6. The first-order valence-corrected chi connectivity index (χ1v) is 9.99. The third kappa shape index (κ3) is 3.80. The fourth-order valence-electron chi connectivity index (χ4n) is 3.91. The van der Waals surface area contributed by atoms with Crippen LogP contribution in [-0.4, -0.2) is 62.9 Å². The normalized spacial score (nSPS) is 27.5. The van der Waals surface area contributed by atoms with Crippen molar-refractivity contribution in [3.05, 3.63) is 35.0 Å². The Bertz CT molecular complexity index is 776. The molecule has 0 aromatic carbocycles. The molecule has 4 heterocycles. The third-order valence-corrected chi connectivity index (χ3v) is 6.05. The molecule has 0 saturated carbocycles. The number of carbonyl (C=O) groups excluding carboxylic acids is 1. The number of thiazole rings is 1. The fourth-order valence-corrected chi connectivity index (χ4v) is 4.44. The summed E-state index contributed by atoms with van der Waals surface area (Å²) in [5.74, 6) is 0.445. The van der Waals surface area contributed by atoms with Gasteiger partial charge in [0.1, 0.15) is 5.69 Å². The Morgan fingerprint density at radius 2 is 2.07 bits per heavy atom. The second kappa shape index (κ2) is 7.14. The third-order valence-electron chi connectivity index (χ3n) is 5.47. The molecule has 0 radical (unpaired) electrons. The minimum Gasteiger partial charge on any atom is -0.388 e. The van der Waals surface area contributed by atoms with Gasteiger partial charge in [0.05, 0.1) is 29.4 Å². The lowest BCUT2D eigenvalue weighted by atomic mass is 9.75. The second-order valence-corrected chi connectivity index (χ2v) is 8.18. The van der Waals surface area contributed by atoms with Crippen LogP contribution in [-0.2, 0) is 4.74 Å². The van der Waals surface area contributed by atoms with E-state index in [2.05, 4.69) is 25.2 Å². The monoisotopic (exact) mass is 389 g/mol. The molecule has 8 nitrogen and oxygen atoms in total. The summed E-state index contributed by atoms with van der Waals surface area (Å²) in [6.45, 7) is 3.60. The van der Waals surface area contributed by atoms with Crippen molar-refractivity contribution in [1.82, 2.24) is 20.3 Å². The smallest absolute Gasteiger partial charge is 0.271 e. The molecule has 2 aromatic rings. The zero-order chi connectivity index (χ0) is 18.9. The molecular formula is C18H23N5O3S. The summed E-state index contributed by atoms with van der Waals surface area (Å²) < 4.78 is 6.20. The Morgan fingerprint density at radius 1 is 1.33 bits per heavy atom. The number of piperidine rings is 1. The summed E-state index contributed by atoms with van der Waals surface area (Å²) in [7, 11) is 0. The number of ether oxygens (including phenoxy) is 1. The number of rotatable bonds is 3. The summed E-state index contributed by atoms with van der Waals surface area (Å²) in [6.07, 6.45) is 5.53. The first-order valence-electron chi connectivity index (χ1n) is 9.05. The van der Waals surface area contributed by atoms with Gasteiger partial charge in [-0.05, 0) is 25.8 Å². The van der Waals surface area contributed by atoms with E-state index in [0.29, 0.717) is 12.1 Å². The van der Waals surface area contributed by atoms with Gasteiger partial charge in [-0.25, -0.2) is 15.0 Å². The molecule has 144 valence electrons. The van der Waals surface area contributed by atoms with Gasteiger partial charge >= 0.3 is 0 Å². The molecule has 1 amide bonds. The first kappa shape index (κ1) is 18.3. The number of carbonyl (C=O) groups is 1. The number of aliphatic hydroxyl groups is 1. The van der Waals surface area contributed by atoms with Crippen molar-refractivity contribution >= 4 is 23.2 Å². The van der Waals surface area contributed by atoms with Crippen LogP contribution in [0.3, 0.4) is 0 Å². The van der Waals surface area contributed by atoms with E-state index in [1.807, 2.05) is 0 Å². The van der Waals surface area contributed by atoms with Crippen molar-refractivity contribution in [2.75, 3.05) is 24.6 Å². The predicted octanol–water partition coefficient (Wildman–Crippen LogP) is 1.24. The summed E-state index contributed by atoms with van der Waals surface area (Å²) in [5.41, 5.74) is 0.558. The van der Waals surface area contributed by atoms with Crippen LogP contribution in [0.5, 0.6) is 0 Å². The van der Waals surface area contributed by atoms with Crippen molar-refractivity contribution in [3.63, 3.8) is 0 Å². The number of hydrogen-bond donors (Lipinski definition) is 2. The van der Waals surface area contributed by atoms with Crippen LogP contribution < -0.4 is 10.2 Å². The molecule has 2 fully saturated rings. The van der Waals surface area contributed by atoms with Gasteiger partial charge in [-0.1, -0.05) is 0 Å². The number of amides is 1. The summed E-state index contributed by atoms with van der Waals surface area (Å²) >= 11 is 1.37. The number of hydrogen-bond acceptors (Lipinski definition) is 8. The predicted molar refractivity (Wildman–Crippen MR) is 101 cm³/mol. The zero-order valence-electron chi connectivity index (χ0n) is 15.2. The lowest BCUT2D eigenvalue weighted by molar-refractivity contribution is -0.176. The topological polar surface area (TPSA) is 100 Å². The average molecular weight is 389 g/mol. The van der Waals surface area contributed by atoms with Gasteiger partial charge in [0.2, 0.25) is 5.95 Å². The van der Waals surface area contributed by atoms with Crippen molar-refractivity contribution < 1.29 is 14.6 Å². The number of nitrogens with zero attached hydrogens (tertiary/aromatic N) is 4. The molecule has 2 aliphatic rings. The van der Waals surface area contributed by atoms with E-state index in [1.165, 1.54) is 11.3 Å². The first-order chi connectivity index (χ1) is 13.0. The quantitative estimate of drug-likeness (QED) is 0.815. The van der Waals surface area contributed by atoms with Gasteiger partial charge in [0, 0.05) is 37.3 Å². The summed E-state index contributed by atoms with van der Waals surface area (Å²) in [4.78, 5) is 27.0. The van der Waals surface area contributed by atoms with Gasteiger partial charge in [-0.2, -0.15) is 0 Å². The molecule has 2 aromatic heterocycles. The second-order valence-electron chi connectivity index (χ2n) is 7.46. The SMILES string of the molecule is C[C@]1(O)CC2(CCN(c3ncccn3)CC2)OC[C@@H]1NC(=O)c1cscn1. The number of aromatic nitrogens is 3. The van der Waals surface area contributed by atoms with Crippen molar-refractivity contribution in [3.8, 4) is 0 Å². The van der Waals surface area contributed by atoms with Gasteiger partial charge in [-0.15, -0.1) is 11.3 Å². The molecule has 0 bridgehead atoms. The molecule has 4 rings (SSSR count).